The summed E-state index contributed by atoms with van der Waals surface area (Å²) in [4.78, 5) is 26.9. The first-order chi connectivity index (χ1) is 15.5. The van der Waals surface area contributed by atoms with Gasteiger partial charge in [0, 0.05) is 30.2 Å². The lowest BCUT2D eigenvalue weighted by Gasteiger charge is -2.22. The van der Waals surface area contributed by atoms with Gasteiger partial charge in [-0.05, 0) is 36.6 Å². The van der Waals surface area contributed by atoms with Crippen LogP contribution >= 0.6 is 11.6 Å². The molecule has 1 aliphatic heterocycles. The van der Waals surface area contributed by atoms with E-state index in [1.165, 1.54) is 7.11 Å². The Morgan fingerprint density at radius 1 is 1.31 bits per heavy atom. The molecule has 1 N–H and O–H groups in total. The minimum atomic E-state index is -0.542. The monoisotopic (exact) mass is 457 g/mol. The van der Waals surface area contributed by atoms with Gasteiger partial charge in [-0.25, -0.2) is 9.48 Å². The normalized spacial score (nSPS) is 18.6. The summed E-state index contributed by atoms with van der Waals surface area (Å²) < 4.78 is 11.5. The molecule has 1 aliphatic rings. The minimum Gasteiger partial charge on any atom is -0.472 e. The Hall–Kier alpha value is -3.17. The van der Waals surface area contributed by atoms with Crippen LogP contribution in [0.4, 0.5) is 0 Å². The Morgan fingerprint density at radius 3 is 2.94 bits per heavy atom. The number of nitrogens with zero attached hydrogens (tertiary/aromatic N) is 4. The average Bonchev–Trinajstić information content (AvgIpc) is 3.54. The fraction of sp³-hybridized carbons (Fsp3) is 0.364. The predicted molar refractivity (Wildman–Crippen MR) is 116 cm³/mol. The van der Waals surface area contributed by atoms with Crippen molar-refractivity contribution in [2.75, 3.05) is 20.2 Å². The number of amides is 1. The fourth-order valence-electron chi connectivity index (χ4n) is 3.93. The molecule has 0 aliphatic carbocycles. The third-order valence-electron chi connectivity index (χ3n) is 5.53. The van der Waals surface area contributed by atoms with Gasteiger partial charge in [0.05, 0.1) is 37.9 Å². The summed E-state index contributed by atoms with van der Waals surface area (Å²) in [6, 6.07) is 9.04. The number of rotatable bonds is 8. The van der Waals surface area contributed by atoms with Crippen molar-refractivity contribution >= 4 is 23.5 Å². The summed E-state index contributed by atoms with van der Waals surface area (Å²) in [5.41, 5.74) is 2.19. The van der Waals surface area contributed by atoms with Gasteiger partial charge in [0.2, 0.25) is 5.91 Å². The fourth-order valence-corrected chi connectivity index (χ4v) is 4.14. The Balaban J connectivity index is 1.43. The van der Waals surface area contributed by atoms with Crippen molar-refractivity contribution in [3.8, 4) is 0 Å². The maximum absolute atomic E-state index is 13.1. The molecule has 168 valence electrons. The van der Waals surface area contributed by atoms with Crippen LogP contribution < -0.4 is 5.32 Å². The lowest BCUT2D eigenvalue weighted by Crippen LogP contribution is -2.43. The second-order valence-corrected chi connectivity index (χ2v) is 8.15. The number of aromatic nitrogens is 3. The van der Waals surface area contributed by atoms with Crippen LogP contribution in [0.2, 0.25) is 5.02 Å². The Labute approximate surface area is 190 Å². The van der Waals surface area contributed by atoms with Crippen LogP contribution in [0, 0.1) is 0 Å². The molecule has 0 radical (unpaired) electrons. The first kappa shape index (κ1) is 22.0. The molecule has 0 bridgehead atoms. The number of likely N-dealkylation sites (tertiary alicyclic amines) is 1. The van der Waals surface area contributed by atoms with Crippen molar-refractivity contribution in [3.05, 3.63) is 70.9 Å². The van der Waals surface area contributed by atoms with E-state index >= 15 is 0 Å². The summed E-state index contributed by atoms with van der Waals surface area (Å²) >= 11 is 6.04. The highest BCUT2D eigenvalue weighted by atomic mass is 35.5. The van der Waals surface area contributed by atoms with E-state index in [9.17, 15) is 9.59 Å². The highest BCUT2D eigenvalue weighted by Gasteiger charge is 2.38. The number of ether oxygens (including phenoxy) is 1. The number of hydrogen-bond donors (Lipinski definition) is 1. The van der Waals surface area contributed by atoms with Crippen molar-refractivity contribution in [2.24, 2.45) is 0 Å². The van der Waals surface area contributed by atoms with Crippen molar-refractivity contribution in [2.45, 2.75) is 31.5 Å². The number of carbonyl (C=O) groups excluding carboxylic acids is 2. The zero-order valence-electron chi connectivity index (χ0n) is 17.6. The van der Waals surface area contributed by atoms with Gasteiger partial charge >= 0.3 is 5.97 Å². The summed E-state index contributed by atoms with van der Waals surface area (Å²) in [6.07, 6.45) is 6.09. The van der Waals surface area contributed by atoms with E-state index in [4.69, 9.17) is 20.8 Å². The molecule has 1 saturated heterocycles. The Bertz CT molecular complexity index is 1070. The molecule has 0 unspecified atom stereocenters. The molecule has 1 fully saturated rings. The number of esters is 1. The van der Waals surface area contributed by atoms with Crippen LogP contribution in [0.3, 0.4) is 0 Å². The predicted octanol–water partition coefficient (Wildman–Crippen LogP) is 2.49. The molecule has 10 heteroatoms. The molecule has 9 nitrogen and oxygen atoms in total. The van der Waals surface area contributed by atoms with Gasteiger partial charge in [-0.1, -0.05) is 28.9 Å². The molecule has 1 aromatic carbocycles. The third kappa shape index (κ3) is 5.17. The third-order valence-corrected chi connectivity index (χ3v) is 5.77. The maximum Gasteiger partial charge on any atom is 0.360 e. The highest BCUT2D eigenvalue weighted by molar-refractivity contribution is 6.30. The second-order valence-electron chi connectivity index (χ2n) is 7.71. The maximum atomic E-state index is 13.1. The van der Waals surface area contributed by atoms with E-state index in [-0.39, 0.29) is 23.7 Å². The SMILES string of the molecule is COC(=O)c1cn([C@H]2C[C@@H](C(=O)NCCc3cccc(Cl)c3)N(Cc3ccoc3)C2)nn1. The first-order valence-electron chi connectivity index (χ1n) is 10.3. The molecular formula is C22H24ClN5O4. The number of carbonyl (C=O) groups is 2. The van der Waals surface area contributed by atoms with E-state index < -0.39 is 5.97 Å². The smallest absolute Gasteiger partial charge is 0.360 e. The van der Waals surface area contributed by atoms with E-state index in [0.29, 0.717) is 37.5 Å². The van der Waals surface area contributed by atoms with E-state index in [1.807, 2.05) is 30.3 Å². The molecule has 2 aromatic heterocycles. The zero-order valence-corrected chi connectivity index (χ0v) is 18.4. The summed E-state index contributed by atoms with van der Waals surface area (Å²) in [5.74, 6) is -0.592. The zero-order chi connectivity index (χ0) is 22.5. The summed E-state index contributed by atoms with van der Waals surface area (Å²) in [6.45, 7) is 1.66. The van der Waals surface area contributed by atoms with Crippen LogP contribution in [0.1, 0.15) is 34.1 Å². The van der Waals surface area contributed by atoms with Crippen LogP contribution in [0.15, 0.2) is 53.5 Å². The number of benzene rings is 1. The molecule has 32 heavy (non-hydrogen) atoms. The van der Waals surface area contributed by atoms with Gasteiger partial charge in [0.1, 0.15) is 0 Å². The molecular weight excluding hydrogens is 434 g/mol. The van der Waals surface area contributed by atoms with Crippen LogP contribution in [0.5, 0.6) is 0 Å². The topological polar surface area (TPSA) is 102 Å². The number of nitrogens with one attached hydrogen (secondary N) is 1. The van der Waals surface area contributed by atoms with Gasteiger partial charge in [-0.15, -0.1) is 5.10 Å². The quantitative estimate of drug-likeness (QED) is 0.518. The Kier molecular flexibility index (Phi) is 6.87. The van der Waals surface area contributed by atoms with Crippen LogP contribution in [0.25, 0.3) is 0 Å². The van der Waals surface area contributed by atoms with E-state index in [0.717, 1.165) is 11.1 Å². The summed E-state index contributed by atoms with van der Waals surface area (Å²) in [7, 11) is 1.30. The van der Waals surface area contributed by atoms with Crippen LogP contribution in [-0.2, 0) is 22.5 Å². The lowest BCUT2D eigenvalue weighted by molar-refractivity contribution is -0.125. The van der Waals surface area contributed by atoms with Gasteiger partial charge < -0.3 is 14.5 Å². The van der Waals surface area contributed by atoms with Crippen molar-refractivity contribution in [3.63, 3.8) is 0 Å². The molecule has 3 aromatic rings. The van der Waals surface area contributed by atoms with Crippen LogP contribution in [-0.4, -0.2) is 58.0 Å². The molecule has 0 spiro atoms. The molecule has 2 atom stereocenters. The van der Waals surface area contributed by atoms with Crippen molar-refractivity contribution in [1.29, 1.82) is 0 Å². The largest absolute Gasteiger partial charge is 0.472 e. The molecule has 1 amide bonds. The van der Waals surface area contributed by atoms with Crippen molar-refractivity contribution < 1.29 is 18.7 Å². The van der Waals surface area contributed by atoms with E-state index in [2.05, 4.69) is 20.5 Å². The molecule has 0 saturated carbocycles. The van der Waals surface area contributed by atoms with Gasteiger partial charge in [-0.3, -0.25) is 9.69 Å². The summed E-state index contributed by atoms with van der Waals surface area (Å²) in [5, 5.41) is 11.7. The number of methoxy groups -OCH3 is 1. The molecule has 4 rings (SSSR count). The number of halogens is 1. The van der Waals surface area contributed by atoms with Crippen molar-refractivity contribution in [1.82, 2.24) is 25.2 Å². The van der Waals surface area contributed by atoms with Gasteiger partial charge in [0.25, 0.3) is 0 Å². The van der Waals surface area contributed by atoms with Gasteiger partial charge in [-0.2, -0.15) is 0 Å². The lowest BCUT2D eigenvalue weighted by atomic mass is 10.1. The average molecular weight is 458 g/mol. The number of furan rings is 1. The highest BCUT2D eigenvalue weighted by Crippen LogP contribution is 2.29. The Morgan fingerprint density at radius 2 is 2.19 bits per heavy atom. The van der Waals surface area contributed by atoms with E-state index in [1.54, 1.807) is 23.4 Å². The first-order valence-corrected chi connectivity index (χ1v) is 10.7. The number of hydrogen-bond acceptors (Lipinski definition) is 7. The molecule has 3 heterocycles. The van der Waals surface area contributed by atoms with Gasteiger partial charge in [0.15, 0.2) is 5.69 Å². The second kappa shape index (κ2) is 9.97. The minimum absolute atomic E-state index is 0.0497. The standard InChI is InChI=1S/C22H24ClN5O4/c1-31-22(30)19-13-28(26-25-19)18-10-20(27(12-18)11-16-6-8-32-14-16)21(29)24-7-5-15-3-2-4-17(23)9-15/h2-4,6,8-9,13-14,18,20H,5,7,10-12H2,1H3,(H,24,29)/t18-,20-/m0/s1.